The number of hydrogen-bond acceptors (Lipinski definition) is 6. The third kappa shape index (κ3) is 3.31. The molecule has 0 saturated carbocycles. The van der Waals surface area contributed by atoms with E-state index in [0.717, 1.165) is 40.1 Å². The molecule has 0 fully saturated rings. The molecule has 0 radical (unpaired) electrons. The number of benzene rings is 1. The van der Waals surface area contributed by atoms with Gasteiger partial charge in [0.05, 0.1) is 16.6 Å². The second-order valence-corrected chi connectivity index (χ2v) is 7.35. The van der Waals surface area contributed by atoms with Gasteiger partial charge in [-0.15, -0.1) is 11.3 Å². The Morgan fingerprint density at radius 3 is 2.78 bits per heavy atom. The van der Waals surface area contributed by atoms with E-state index in [9.17, 15) is 4.79 Å². The van der Waals surface area contributed by atoms with Crippen molar-refractivity contribution in [1.82, 2.24) is 14.5 Å². The van der Waals surface area contributed by atoms with Gasteiger partial charge in [0.2, 0.25) is 0 Å². The lowest BCUT2D eigenvalue weighted by atomic mass is 10.2. The highest BCUT2D eigenvalue weighted by molar-refractivity contribution is 7.25. The molecule has 27 heavy (non-hydrogen) atoms. The normalized spacial score (nSPS) is 11.3. The number of thiophene rings is 1. The maximum absolute atomic E-state index is 13.1. The van der Waals surface area contributed by atoms with Crippen molar-refractivity contribution in [3.05, 3.63) is 58.8 Å². The number of pyridine rings is 1. The molecule has 4 rings (SSSR count). The Kier molecular flexibility index (Phi) is 4.87. The van der Waals surface area contributed by atoms with E-state index in [1.165, 1.54) is 11.3 Å². The fourth-order valence-electron chi connectivity index (χ4n) is 3.03. The molecule has 0 bridgehead atoms. The Hall–Kier alpha value is -2.77. The smallest absolute Gasteiger partial charge is 0.275 e. The number of rotatable bonds is 6. The summed E-state index contributed by atoms with van der Waals surface area (Å²) in [5, 5.41) is 4.32. The summed E-state index contributed by atoms with van der Waals surface area (Å²) in [6.45, 7) is 3.50. The van der Waals surface area contributed by atoms with Gasteiger partial charge >= 0.3 is 0 Å². The minimum Gasteiger partial charge on any atom is -0.385 e. The zero-order valence-electron chi connectivity index (χ0n) is 15.2. The van der Waals surface area contributed by atoms with E-state index in [4.69, 9.17) is 4.74 Å². The largest absolute Gasteiger partial charge is 0.385 e. The fraction of sp³-hybridized carbons (Fsp3) is 0.250. The van der Waals surface area contributed by atoms with E-state index >= 15 is 0 Å². The highest BCUT2D eigenvalue weighted by Gasteiger charge is 2.16. The van der Waals surface area contributed by atoms with Crippen molar-refractivity contribution >= 4 is 37.5 Å². The lowest BCUT2D eigenvalue weighted by molar-refractivity contribution is 0.198. The molecule has 0 aliphatic carbocycles. The molecule has 3 heterocycles. The maximum Gasteiger partial charge on any atom is 0.275 e. The number of anilines is 1. The summed E-state index contributed by atoms with van der Waals surface area (Å²) in [7, 11) is 1.69. The zero-order valence-corrected chi connectivity index (χ0v) is 16.0. The number of aromatic nitrogens is 3. The second kappa shape index (κ2) is 7.46. The summed E-state index contributed by atoms with van der Waals surface area (Å²) in [6, 6.07) is 9.76. The molecule has 3 aromatic heterocycles. The van der Waals surface area contributed by atoms with Crippen LogP contribution < -0.4 is 10.9 Å². The van der Waals surface area contributed by atoms with E-state index in [1.54, 1.807) is 24.2 Å². The van der Waals surface area contributed by atoms with Crippen LogP contribution in [0.1, 0.15) is 12.0 Å². The third-order valence-corrected chi connectivity index (χ3v) is 5.51. The molecule has 1 N–H and O–H groups in total. The van der Waals surface area contributed by atoms with Gasteiger partial charge in [0, 0.05) is 32.1 Å². The first-order valence-electron chi connectivity index (χ1n) is 8.78. The van der Waals surface area contributed by atoms with Crippen molar-refractivity contribution in [3.63, 3.8) is 0 Å². The van der Waals surface area contributed by atoms with Gasteiger partial charge in [0.15, 0.2) is 0 Å². The van der Waals surface area contributed by atoms with Crippen molar-refractivity contribution < 1.29 is 4.74 Å². The molecule has 0 saturated heterocycles. The van der Waals surface area contributed by atoms with Crippen LogP contribution in [0.4, 0.5) is 5.69 Å². The number of nitrogens with one attached hydrogen (secondary N) is 1. The van der Waals surface area contributed by atoms with Gasteiger partial charge in [-0.25, -0.2) is 9.97 Å². The van der Waals surface area contributed by atoms with Gasteiger partial charge in [0.1, 0.15) is 15.9 Å². The Labute approximate surface area is 160 Å². The van der Waals surface area contributed by atoms with Crippen molar-refractivity contribution in [2.45, 2.75) is 13.3 Å². The summed E-state index contributed by atoms with van der Waals surface area (Å²) in [6.07, 6.45) is 4.26. The third-order valence-electron chi connectivity index (χ3n) is 4.43. The topological polar surface area (TPSA) is 69.0 Å². The van der Waals surface area contributed by atoms with Crippen LogP contribution in [-0.2, 0) is 4.74 Å². The second-order valence-electron chi connectivity index (χ2n) is 6.35. The number of fused-ring (bicyclic) bond motifs is 3. The number of hydrogen-bond donors (Lipinski definition) is 1. The molecule has 4 aromatic rings. The fourth-order valence-corrected chi connectivity index (χ4v) is 4.08. The van der Waals surface area contributed by atoms with E-state index in [0.29, 0.717) is 16.8 Å². The van der Waals surface area contributed by atoms with Crippen LogP contribution in [-0.4, -0.2) is 34.8 Å². The van der Waals surface area contributed by atoms with E-state index in [2.05, 4.69) is 15.3 Å². The predicted molar refractivity (Wildman–Crippen MR) is 110 cm³/mol. The van der Waals surface area contributed by atoms with E-state index in [1.807, 2.05) is 37.3 Å². The quantitative estimate of drug-likeness (QED) is 0.516. The summed E-state index contributed by atoms with van der Waals surface area (Å²) in [5.74, 6) is 0. The molecule has 138 valence electrons. The van der Waals surface area contributed by atoms with Crippen LogP contribution in [0.5, 0.6) is 0 Å². The van der Waals surface area contributed by atoms with Crippen molar-refractivity contribution in [2.24, 2.45) is 0 Å². The molecule has 7 heteroatoms. The van der Waals surface area contributed by atoms with Crippen LogP contribution >= 0.6 is 11.3 Å². The summed E-state index contributed by atoms with van der Waals surface area (Å²) in [5.41, 5.74) is 3.53. The van der Waals surface area contributed by atoms with Gasteiger partial charge in [-0.3, -0.25) is 9.36 Å². The highest BCUT2D eigenvalue weighted by atomic mass is 32.1. The number of ether oxygens (including phenoxy) is 1. The first-order valence-corrected chi connectivity index (χ1v) is 9.59. The average molecular weight is 380 g/mol. The number of nitrogens with zero attached hydrogens (tertiary/aromatic N) is 3. The Bertz CT molecular complexity index is 1150. The molecule has 0 unspecified atom stereocenters. The van der Waals surface area contributed by atoms with E-state index in [-0.39, 0.29) is 5.56 Å². The minimum absolute atomic E-state index is 0.0720. The Balaban J connectivity index is 1.81. The molecule has 0 aliphatic rings. The summed E-state index contributed by atoms with van der Waals surface area (Å²) < 4.78 is 7.30. The van der Waals surface area contributed by atoms with Crippen molar-refractivity contribution in [1.29, 1.82) is 0 Å². The van der Waals surface area contributed by atoms with Crippen LogP contribution in [0.15, 0.2) is 47.7 Å². The van der Waals surface area contributed by atoms with Crippen LogP contribution in [0.3, 0.4) is 0 Å². The monoisotopic (exact) mass is 380 g/mol. The lowest BCUT2D eigenvalue weighted by Crippen LogP contribution is -2.17. The molecule has 0 spiro atoms. The van der Waals surface area contributed by atoms with Gasteiger partial charge in [-0.05, 0) is 31.5 Å². The van der Waals surface area contributed by atoms with E-state index < -0.39 is 0 Å². The molecule has 1 aromatic carbocycles. The van der Waals surface area contributed by atoms with Gasteiger partial charge in [-0.1, -0.05) is 17.7 Å². The molecule has 0 amide bonds. The first kappa shape index (κ1) is 17.6. The maximum atomic E-state index is 13.1. The highest BCUT2D eigenvalue weighted by Crippen LogP contribution is 2.34. The van der Waals surface area contributed by atoms with Gasteiger partial charge < -0.3 is 10.1 Å². The Morgan fingerprint density at radius 1 is 1.19 bits per heavy atom. The predicted octanol–water partition coefficient (Wildman–Crippen LogP) is 3.75. The summed E-state index contributed by atoms with van der Waals surface area (Å²) in [4.78, 5) is 22.9. The SMILES string of the molecule is COCCCNc1ccnc2sc3c(=O)n(-c4ccc(C)cc4)cnc3c12. The van der Waals surface area contributed by atoms with Gasteiger partial charge in [0.25, 0.3) is 5.56 Å². The number of aryl methyl sites for hydroxylation is 1. The van der Waals surface area contributed by atoms with Crippen molar-refractivity contribution in [2.75, 3.05) is 25.6 Å². The minimum atomic E-state index is -0.0720. The number of methoxy groups -OCH3 is 1. The standard InChI is InChI=1S/C20H20N4O2S/c1-13-4-6-14(7-5-13)24-12-23-17-16-15(21-9-3-11-26-2)8-10-22-19(16)27-18(17)20(24)25/h4-8,10,12H,3,9,11H2,1-2H3,(H,21,22). The van der Waals surface area contributed by atoms with Crippen LogP contribution in [0.2, 0.25) is 0 Å². The average Bonchev–Trinajstić information content (AvgIpc) is 3.07. The Morgan fingerprint density at radius 2 is 2.00 bits per heavy atom. The molecular formula is C20H20N4O2S. The van der Waals surface area contributed by atoms with Gasteiger partial charge in [-0.2, -0.15) is 0 Å². The molecule has 6 nitrogen and oxygen atoms in total. The molecular weight excluding hydrogens is 360 g/mol. The lowest BCUT2D eigenvalue weighted by Gasteiger charge is -2.08. The van der Waals surface area contributed by atoms with Crippen LogP contribution in [0.25, 0.3) is 26.1 Å². The molecule has 0 atom stereocenters. The summed E-state index contributed by atoms with van der Waals surface area (Å²) >= 11 is 1.39. The first-order chi connectivity index (χ1) is 13.2. The van der Waals surface area contributed by atoms with Crippen LogP contribution in [0, 0.1) is 6.92 Å². The zero-order chi connectivity index (χ0) is 18.8. The van der Waals surface area contributed by atoms with Crippen molar-refractivity contribution in [3.8, 4) is 5.69 Å². The molecule has 0 aliphatic heterocycles.